The molecule has 1 heterocycles. The third kappa shape index (κ3) is 4.82. The Morgan fingerprint density at radius 3 is 2.54 bits per heavy atom. The highest BCUT2D eigenvalue weighted by Gasteiger charge is 2.34. The molecule has 0 saturated carbocycles. The number of halogens is 1. The van der Waals surface area contributed by atoms with Gasteiger partial charge < -0.3 is 5.32 Å². The molecule has 0 aromatic heterocycles. The van der Waals surface area contributed by atoms with E-state index in [2.05, 4.69) is 21.2 Å². The Hall–Kier alpha value is -1.70. The highest BCUT2D eigenvalue weighted by Crippen LogP contribution is 2.28. The van der Waals surface area contributed by atoms with Crippen LogP contribution in [0.25, 0.3) is 0 Å². The van der Waals surface area contributed by atoms with Crippen molar-refractivity contribution in [1.29, 1.82) is 0 Å². The van der Waals surface area contributed by atoms with E-state index in [0.29, 0.717) is 13.0 Å². The lowest BCUT2D eigenvalue weighted by atomic mass is 10.0. The molecule has 1 fully saturated rings. The molecule has 7 heteroatoms. The van der Waals surface area contributed by atoms with Crippen LogP contribution in [0.2, 0.25) is 0 Å². The van der Waals surface area contributed by atoms with Crippen LogP contribution in [-0.4, -0.2) is 31.2 Å². The molecule has 28 heavy (non-hydrogen) atoms. The number of benzene rings is 2. The summed E-state index contributed by atoms with van der Waals surface area (Å²) in [5.41, 5.74) is 2.76. The van der Waals surface area contributed by atoms with Gasteiger partial charge >= 0.3 is 0 Å². The molecule has 0 aliphatic carbocycles. The third-order valence-electron chi connectivity index (χ3n) is 5.06. The van der Waals surface area contributed by atoms with E-state index in [9.17, 15) is 13.2 Å². The van der Waals surface area contributed by atoms with Gasteiger partial charge in [0.2, 0.25) is 15.9 Å². The average molecular weight is 465 g/mol. The normalized spacial score (nSPS) is 18.0. The van der Waals surface area contributed by atoms with Crippen LogP contribution < -0.4 is 5.32 Å². The first-order chi connectivity index (χ1) is 13.3. The molecule has 3 rings (SSSR count). The smallest absolute Gasteiger partial charge is 0.243 e. The second-order valence-corrected chi connectivity index (χ2v) is 10.0. The van der Waals surface area contributed by atoms with Gasteiger partial charge in [-0.15, -0.1) is 0 Å². The van der Waals surface area contributed by atoms with Crippen molar-refractivity contribution in [2.45, 2.75) is 50.5 Å². The highest BCUT2D eigenvalue weighted by molar-refractivity contribution is 9.10. The Balaban J connectivity index is 1.74. The van der Waals surface area contributed by atoms with E-state index in [1.165, 1.54) is 4.31 Å². The number of nitrogens with zero attached hydrogens (tertiary/aromatic N) is 1. The summed E-state index contributed by atoms with van der Waals surface area (Å²) in [6, 6.07) is 12.2. The number of nitrogens with one attached hydrogen (secondary N) is 1. The van der Waals surface area contributed by atoms with Crippen molar-refractivity contribution < 1.29 is 13.2 Å². The minimum absolute atomic E-state index is 0.153. The van der Waals surface area contributed by atoms with Crippen LogP contribution in [0, 0.1) is 13.8 Å². The largest absolute Gasteiger partial charge is 0.326 e. The molecular weight excluding hydrogens is 440 g/mol. The van der Waals surface area contributed by atoms with Crippen molar-refractivity contribution in [2.24, 2.45) is 0 Å². The van der Waals surface area contributed by atoms with Crippen LogP contribution in [-0.2, 0) is 14.8 Å². The van der Waals surface area contributed by atoms with Gasteiger partial charge in [-0.2, -0.15) is 4.31 Å². The van der Waals surface area contributed by atoms with E-state index in [0.717, 1.165) is 34.1 Å². The molecule has 1 N–H and O–H groups in total. The number of carbonyl (C=O) groups is 1. The molecule has 1 amide bonds. The van der Waals surface area contributed by atoms with E-state index in [-0.39, 0.29) is 23.3 Å². The Bertz CT molecular complexity index is 958. The minimum Gasteiger partial charge on any atom is -0.326 e. The average Bonchev–Trinajstić information content (AvgIpc) is 2.65. The summed E-state index contributed by atoms with van der Waals surface area (Å²) in [6.45, 7) is 4.33. The second kappa shape index (κ2) is 8.76. The maximum atomic E-state index is 13.1. The number of hydrogen-bond acceptors (Lipinski definition) is 3. The Kier molecular flexibility index (Phi) is 6.58. The lowest BCUT2D eigenvalue weighted by molar-refractivity contribution is -0.117. The monoisotopic (exact) mass is 464 g/mol. The number of aryl methyl sites for hydroxylation is 2. The van der Waals surface area contributed by atoms with Crippen LogP contribution >= 0.6 is 15.9 Å². The number of anilines is 1. The maximum absolute atomic E-state index is 13.1. The maximum Gasteiger partial charge on any atom is 0.243 e. The van der Waals surface area contributed by atoms with Gasteiger partial charge in [-0.25, -0.2) is 8.42 Å². The third-order valence-corrected chi connectivity index (χ3v) is 7.92. The van der Waals surface area contributed by atoms with Gasteiger partial charge in [0.15, 0.2) is 0 Å². The fraction of sp³-hybridized carbons (Fsp3) is 0.381. The lowest BCUT2D eigenvalue weighted by Crippen LogP contribution is -2.45. The molecule has 0 spiro atoms. The lowest BCUT2D eigenvalue weighted by Gasteiger charge is -2.34. The molecule has 0 unspecified atom stereocenters. The first kappa shape index (κ1) is 21.0. The van der Waals surface area contributed by atoms with E-state index in [1.807, 2.05) is 32.0 Å². The van der Waals surface area contributed by atoms with Crippen LogP contribution in [0.5, 0.6) is 0 Å². The predicted molar refractivity (Wildman–Crippen MR) is 115 cm³/mol. The number of rotatable bonds is 5. The molecule has 2 aromatic carbocycles. The van der Waals surface area contributed by atoms with E-state index in [4.69, 9.17) is 0 Å². The van der Waals surface area contributed by atoms with Gasteiger partial charge in [0, 0.05) is 29.2 Å². The fourth-order valence-corrected chi connectivity index (χ4v) is 5.43. The quantitative estimate of drug-likeness (QED) is 0.700. The zero-order valence-corrected chi connectivity index (χ0v) is 18.5. The Labute approximate surface area is 175 Å². The van der Waals surface area contributed by atoms with Crippen molar-refractivity contribution in [3.63, 3.8) is 0 Å². The summed E-state index contributed by atoms with van der Waals surface area (Å²) in [5.74, 6) is -0.169. The van der Waals surface area contributed by atoms with Crippen LogP contribution in [0.4, 0.5) is 5.69 Å². The molecule has 1 atom stereocenters. The Morgan fingerprint density at radius 1 is 1.14 bits per heavy atom. The standard InChI is InChI=1S/C21H25BrN2O3S/c1-15-6-9-19(10-7-15)28(26,27)24-12-4-3-5-18(24)14-21(25)23-17-8-11-20(22)16(2)13-17/h6-11,13,18H,3-5,12,14H2,1-2H3,(H,23,25)/t18-/m0/s1. The van der Waals surface area contributed by atoms with Gasteiger partial charge in [0.25, 0.3) is 0 Å². The molecule has 1 aliphatic heterocycles. The summed E-state index contributed by atoms with van der Waals surface area (Å²) in [7, 11) is -3.61. The van der Waals surface area contributed by atoms with Crippen molar-refractivity contribution in [3.8, 4) is 0 Å². The van der Waals surface area contributed by atoms with E-state index >= 15 is 0 Å². The molecule has 1 aliphatic rings. The SMILES string of the molecule is Cc1ccc(S(=O)(=O)N2CCCC[C@H]2CC(=O)Nc2ccc(Br)c(C)c2)cc1. The topological polar surface area (TPSA) is 66.5 Å². The van der Waals surface area contributed by atoms with Crippen LogP contribution in [0.3, 0.4) is 0 Å². The Morgan fingerprint density at radius 2 is 1.86 bits per heavy atom. The minimum atomic E-state index is -3.61. The van der Waals surface area contributed by atoms with Gasteiger partial charge in [-0.1, -0.05) is 40.0 Å². The van der Waals surface area contributed by atoms with E-state index < -0.39 is 10.0 Å². The zero-order valence-electron chi connectivity index (χ0n) is 16.1. The molecule has 1 saturated heterocycles. The summed E-state index contributed by atoms with van der Waals surface area (Å²) in [4.78, 5) is 12.9. The van der Waals surface area contributed by atoms with Gasteiger partial charge in [0.1, 0.15) is 0 Å². The number of carbonyl (C=O) groups excluding carboxylic acids is 1. The van der Waals surface area contributed by atoms with Gasteiger partial charge in [-0.3, -0.25) is 4.79 Å². The molecule has 150 valence electrons. The molecular formula is C21H25BrN2O3S. The molecule has 5 nitrogen and oxygen atoms in total. The van der Waals surface area contributed by atoms with Crippen molar-refractivity contribution in [1.82, 2.24) is 4.31 Å². The number of sulfonamides is 1. The van der Waals surface area contributed by atoms with Gasteiger partial charge in [0.05, 0.1) is 4.90 Å². The van der Waals surface area contributed by atoms with Crippen molar-refractivity contribution in [2.75, 3.05) is 11.9 Å². The summed E-state index contributed by atoms with van der Waals surface area (Å²) >= 11 is 3.45. The number of amides is 1. The van der Waals surface area contributed by atoms with Crippen LogP contribution in [0.1, 0.15) is 36.8 Å². The molecule has 0 radical (unpaired) electrons. The second-order valence-electron chi connectivity index (χ2n) is 7.29. The summed E-state index contributed by atoms with van der Waals surface area (Å²) < 4.78 is 28.7. The molecule has 2 aromatic rings. The highest BCUT2D eigenvalue weighted by atomic mass is 79.9. The first-order valence-electron chi connectivity index (χ1n) is 9.42. The van der Waals surface area contributed by atoms with Crippen molar-refractivity contribution >= 4 is 37.5 Å². The molecule has 0 bridgehead atoms. The predicted octanol–water partition coefficient (Wildman–Crippen LogP) is 4.64. The number of piperidine rings is 1. The van der Waals surface area contributed by atoms with Gasteiger partial charge in [-0.05, 0) is 62.6 Å². The summed E-state index contributed by atoms with van der Waals surface area (Å²) in [5, 5.41) is 2.90. The van der Waals surface area contributed by atoms with E-state index in [1.54, 1.807) is 24.3 Å². The van der Waals surface area contributed by atoms with Crippen molar-refractivity contribution in [3.05, 3.63) is 58.1 Å². The summed E-state index contributed by atoms with van der Waals surface area (Å²) in [6.07, 6.45) is 2.59. The number of hydrogen-bond donors (Lipinski definition) is 1. The first-order valence-corrected chi connectivity index (χ1v) is 11.7. The fourth-order valence-electron chi connectivity index (χ4n) is 3.49. The van der Waals surface area contributed by atoms with Crippen LogP contribution in [0.15, 0.2) is 51.8 Å². The zero-order chi connectivity index (χ0) is 20.3.